The number of rotatable bonds is 19. The molecule has 0 saturated carbocycles. The molecule has 0 aromatic carbocycles. The second-order valence-electron chi connectivity index (χ2n) is 11.4. The predicted octanol–water partition coefficient (Wildman–Crippen LogP) is 5.49. The molecule has 0 aliphatic rings. The van der Waals surface area contributed by atoms with Crippen molar-refractivity contribution in [2.75, 3.05) is 18.6 Å². The lowest BCUT2D eigenvalue weighted by atomic mass is 9.97. The molecule has 0 heterocycles. The number of allylic oxidation sites excluding steroid dienone is 5. The SMILES string of the molecule is CC[C@H](C)[C@H](NC(=O)[C@@H](NC(=O)[C@H](CSC/C=C(\C)CC/C=C(\C)CCC=C(C)C)NC(C)=O)C(C)C)C(=O)OC. The number of nitrogens with one attached hydrogen (secondary N) is 3. The van der Waals surface area contributed by atoms with E-state index in [1.165, 1.54) is 30.8 Å². The van der Waals surface area contributed by atoms with Crippen LogP contribution in [0.2, 0.25) is 0 Å². The maximum absolute atomic E-state index is 13.2. The van der Waals surface area contributed by atoms with Crippen molar-refractivity contribution in [3.05, 3.63) is 34.9 Å². The van der Waals surface area contributed by atoms with Gasteiger partial charge in [-0.1, -0.05) is 69.1 Å². The first kappa shape index (κ1) is 38.5. The Morgan fingerprint density at radius 2 is 1.34 bits per heavy atom. The summed E-state index contributed by atoms with van der Waals surface area (Å²) in [5, 5.41) is 8.25. The monoisotopic (exact) mass is 593 g/mol. The van der Waals surface area contributed by atoms with Gasteiger partial charge in [-0.3, -0.25) is 14.4 Å². The molecule has 0 rings (SSSR count). The van der Waals surface area contributed by atoms with Crippen LogP contribution in [-0.2, 0) is 23.9 Å². The lowest BCUT2D eigenvalue weighted by Crippen LogP contribution is -2.58. The van der Waals surface area contributed by atoms with Crippen molar-refractivity contribution in [1.29, 1.82) is 0 Å². The highest BCUT2D eigenvalue weighted by Crippen LogP contribution is 2.14. The highest BCUT2D eigenvalue weighted by Gasteiger charge is 2.33. The summed E-state index contributed by atoms with van der Waals surface area (Å²) in [5.41, 5.74) is 4.04. The number of carbonyl (C=O) groups excluding carboxylic acids is 4. The average molecular weight is 594 g/mol. The zero-order valence-electron chi connectivity index (χ0n) is 27.0. The molecule has 0 aromatic heterocycles. The van der Waals surface area contributed by atoms with Crippen molar-refractivity contribution in [2.45, 2.75) is 113 Å². The minimum Gasteiger partial charge on any atom is -0.467 e. The molecule has 9 heteroatoms. The van der Waals surface area contributed by atoms with Crippen LogP contribution in [0.1, 0.15) is 94.4 Å². The maximum atomic E-state index is 13.2. The Balaban J connectivity index is 5.11. The molecule has 0 fully saturated rings. The van der Waals surface area contributed by atoms with Crippen LogP contribution >= 0.6 is 11.8 Å². The Morgan fingerprint density at radius 1 is 0.780 bits per heavy atom. The molecule has 0 aliphatic carbocycles. The lowest BCUT2D eigenvalue weighted by Gasteiger charge is -2.28. The largest absolute Gasteiger partial charge is 0.467 e. The zero-order chi connectivity index (χ0) is 31.5. The average Bonchev–Trinajstić information content (AvgIpc) is 2.90. The maximum Gasteiger partial charge on any atom is 0.328 e. The van der Waals surface area contributed by atoms with Crippen LogP contribution < -0.4 is 16.0 Å². The van der Waals surface area contributed by atoms with Gasteiger partial charge in [0.05, 0.1) is 7.11 Å². The second kappa shape index (κ2) is 21.2. The van der Waals surface area contributed by atoms with Gasteiger partial charge in [-0.15, -0.1) is 0 Å². The molecule has 4 atom stereocenters. The molecule has 3 amide bonds. The van der Waals surface area contributed by atoms with E-state index in [0.29, 0.717) is 17.9 Å². The number of hydrogen-bond donors (Lipinski definition) is 3. The number of thioether (sulfide) groups is 1. The highest BCUT2D eigenvalue weighted by molar-refractivity contribution is 7.99. The molecule has 41 heavy (non-hydrogen) atoms. The van der Waals surface area contributed by atoms with E-state index >= 15 is 0 Å². The van der Waals surface area contributed by atoms with Crippen LogP contribution in [-0.4, -0.2) is 60.4 Å². The summed E-state index contributed by atoms with van der Waals surface area (Å²) in [6, 6.07) is -2.48. The predicted molar refractivity (Wildman–Crippen MR) is 171 cm³/mol. The topological polar surface area (TPSA) is 114 Å². The zero-order valence-corrected chi connectivity index (χ0v) is 27.8. The fourth-order valence-electron chi connectivity index (χ4n) is 3.98. The van der Waals surface area contributed by atoms with Gasteiger partial charge in [0.15, 0.2) is 0 Å². The van der Waals surface area contributed by atoms with Crippen LogP contribution in [0.4, 0.5) is 0 Å². The summed E-state index contributed by atoms with van der Waals surface area (Å²) in [4.78, 5) is 50.4. The quantitative estimate of drug-likeness (QED) is 0.104. The molecular formula is C32H55N3O5S. The molecule has 0 spiro atoms. The Labute approximate surface area is 253 Å². The highest BCUT2D eigenvalue weighted by atomic mass is 32.2. The number of methoxy groups -OCH3 is 1. The van der Waals surface area contributed by atoms with Gasteiger partial charge in [0.25, 0.3) is 0 Å². The van der Waals surface area contributed by atoms with E-state index in [1.807, 2.05) is 27.7 Å². The Morgan fingerprint density at radius 3 is 1.85 bits per heavy atom. The van der Waals surface area contributed by atoms with E-state index in [4.69, 9.17) is 4.74 Å². The molecule has 0 aliphatic heterocycles. The van der Waals surface area contributed by atoms with Gasteiger partial charge in [-0.05, 0) is 65.2 Å². The van der Waals surface area contributed by atoms with Gasteiger partial charge >= 0.3 is 5.97 Å². The molecule has 0 aromatic rings. The van der Waals surface area contributed by atoms with E-state index in [-0.39, 0.29) is 17.7 Å². The first-order valence-electron chi connectivity index (χ1n) is 14.7. The lowest BCUT2D eigenvalue weighted by molar-refractivity contribution is -0.147. The molecule has 0 bridgehead atoms. The molecule has 0 radical (unpaired) electrons. The smallest absolute Gasteiger partial charge is 0.328 e. The van der Waals surface area contributed by atoms with Gasteiger partial charge < -0.3 is 20.7 Å². The number of amides is 3. The Hall–Kier alpha value is -2.55. The normalized spacial score (nSPS) is 14.9. The van der Waals surface area contributed by atoms with Gasteiger partial charge in [0.2, 0.25) is 17.7 Å². The van der Waals surface area contributed by atoms with Crippen LogP contribution in [0.5, 0.6) is 0 Å². The number of esters is 1. The number of hydrogen-bond acceptors (Lipinski definition) is 6. The van der Waals surface area contributed by atoms with Gasteiger partial charge in [-0.2, -0.15) is 11.8 Å². The van der Waals surface area contributed by atoms with E-state index in [9.17, 15) is 19.2 Å². The van der Waals surface area contributed by atoms with Crippen molar-refractivity contribution < 1.29 is 23.9 Å². The van der Waals surface area contributed by atoms with Crippen molar-refractivity contribution in [3.8, 4) is 0 Å². The van der Waals surface area contributed by atoms with Crippen molar-refractivity contribution >= 4 is 35.5 Å². The van der Waals surface area contributed by atoms with Crippen molar-refractivity contribution in [2.24, 2.45) is 11.8 Å². The Kier molecular flexibility index (Phi) is 19.9. The summed E-state index contributed by atoms with van der Waals surface area (Å²) in [5.74, 6) is -1.05. The summed E-state index contributed by atoms with van der Waals surface area (Å²) >= 11 is 1.55. The number of ether oxygens (including phenoxy) is 1. The first-order chi connectivity index (χ1) is 19.2. The molecule has 0 saturated heterocycles. The second-order valence-corrected chi connectivity index (χ2v) is 12.5. The molecule has 3 N–H and O–H groups in total. The third kappa shape index (κ3) is 17.1. The summed E-state index contributed by atoms with van der Waals surface area (Å²) in [6.07, 6.45) is 11.5. The van der Waals surface area contributed by atoms with E-state index in [2.05, 4.69) is 61.9 Å². The third-order valence-corrected chi connectivity index (χ3v) is 7.84. The van der Waals surface area contributed by atoms with Crippen LogP contribution in [0.15, 0.2) is 34.9 Å². The fourth-order valence-corrected chi connectivity index (χ4v) is 4.99. The number of carbonyl (C=O) groups is 4. The molecule has 234 valence electrons. The third-order valence-electron chi connectivity index (χ3n) is 6.86. The Bertz CT molecular complexity index is 938. The van der Waals surface area contributed by atoms with Crippen molar-refractivity contribution in [1.82, 2.24) is 16.0 Å². The standard InChI is InChI=1S/C32H55N3O5S/c1-11-25(8)29(32(39)40-10)35-31(38)28(22(4)5)34-30(37)27(33-26(9)36)20-41-19-18-24(7)17-13-16-23(6)15-12-14-21(2)3/h14,16,18,22,25,27-29H,11-13,15,17,19-20H2,1-10H3,(H,33,36)(H,34,37)(H,35,38)/b23-16+,24-18+/t25-,27-,28-,29-/m0/s1. The molecular weight excluding hydrogens is 538 g/mol. The summed E-state index contributed by atoms with van der Waals surface area (Å²) < 4.78 is 4.86. The minimum absolute atomic E-state index is 0.137. The minimum atomic E-state index is -0.874. The van der Waals surface area contributed by atoms with E-state index in [1.54, 1.807) is 11.8 Å². The summed E-state index contributed by atoms with van der Waals surface area (Å²) in [7, 11) is 1.28. The van der Waals surface area contributed by atoms with Gasteiger partial charge in [-0.25, -0.2) is 4.79 Å². The first-order valence-corrected chi connectivity index (χ1v) is 15.9. The van der Waals surface area contributed by atoms with Crippen LogP contribution in [0.3, 0.4) is 0 Å². The van der Waals surface area contributed by atoms with Crippen molar-refractivity contribution in [3.63, 3.8) is 0 Å². The van der Waals surface area contributed by atoms with E-state index < -0.39 is 35.9 Å². The molecule has 0 unspecified atom stereocenters. The molecule has 8 nitrogen and oxygen atoms in total. The summed E-state index contributed by atoms with van der Waals surface area (Å²) in [6.45, 7) is 17.3. The van der Waals surface area contributed by atoms with Gasteiger partial charge in [0.1, 0.15) is 18.1 Å². The van der Waals surface area contributed by atoms with Gasteiger partial charge in [0, 0.05) is 18.4 Å². The van der Waals surface area contributed by atoms with E-state index in [0.717, 1.165) is 25.7 Å². The van der Waals surface area contributed by atoms with Crippen LogP contribution in [0, 0.1) is 11.8 Å². The fraction of sp³-hybridized carbons (Fsp3) is 0.688. The van der Waals surface area contributed by atoms with Crippen LogP contribution in [0.25, 0.3) is 0 Å².